The van der Waals surface area contributed by atoms with Crippen molar-refractivity contribution in [3.63, 3.8) is 0 Å². The number of carbonyl (C=O) groups is 1. The molecule has 3 rings (SSSR count). The van der Waals surface area contributed by atoms with Gasteiger partial charge in [-0.05, 0) is 44.3 Å². The van der Waals surface area contributed by atoms with Gasteiger partial charge in [0.05, 0.1) is 10.9 Å². The molecule has 1 aliphatic carbocycles. The molecule has 2 heterocycles. The first-order valence-electron chi connectivity index (χ1n) is 4.14. The first kappa shape index (κ1) is 8.28. The molecule has 0 bridgehead atoms. The van der Waals surface area contributed by atoms with E-state index in [4.69, 9.17) is 5.11 Å². The average Bonchev–Trinajstić information content (AvgIpc) is 2.53. The Kier molecular flexibility index (Phi) is 1.74. The Labute approximate surface area is 88.2 Å². The van der Waals surface area contributed by atoms with Gasteiger partial charge >= 0.3 is 5.97 Å². The number of rotatable bonds is 1. The second kappa shape index (κ2) is 2.73. The number of nitrogens with one attached hydrogen (secondary N) is 1. The fraction of sp³-hybridized carbons (Fsp3) is 0.500. The standard InChI is InChI=1S/C8H8INO2S/c11-8(12)4-1-3-5-2-9-13-7(5)10-6(3)4/h2-4,6,10H,1H2,(H,11,12)/t3?,4?,6-/m1/s1. The van der Waals surface area contributed by atoms with Crippen LogP contribution in [0, 0.1) is 11.8 Å². The maximum Gasteiger partial charge on any atom is 0.308 e. The van der Waals surface area contributed by atoms with Gasteiger partial charge in [0.25, 0.3) is 0 Å². The van der Waals surface area contributed by atoms with Gasteiger partial charge in [0.2, 0.25) is 0 Å². The molecular weight excluding hydrogens is 301 g/mol. The molecule has 2 N–H and O–H groups in total. The van der Waals surface area contributed by atoms with Gasteiger partial charge in [0.1, 0.15) is 0 Å². The van der Waals surface area contributed by atoms with Gasteiger partial charge in [-0.3, -0.25) is 4.79 Å². The highest BCUT2D eigenvalue weighted by molar-refractivity contribution is 14.2. The number of hydrogen-bond donors (Lipinski definition) is 2. The Morgan fingerprint density at radius 3 is 3.38 bits per heavy atom. The van der Waals surface area contributed by atoms with Crippen LogP contribution < -0.4 is 5.32 Å². The molecule has 70 valence electrons. The van der Waals surface area contributed by atoms with E-state index in [9.17, 15) is 4.79 Å². The third-order valence-electron chi connectivity index (χ3n) is 2.94. The summed E-state index contributed by atoms with van der Waals surface area (Å²) in [5.41, 5.74) is 1.43. The lowest BCUT2D eigenvalue weighted by atomic mass is 9.69. The average molecular weight is 309 g/mol. The molecule has 0 aromatic heterocycles. The third kappa shape index (κ3) is 1.03. The lowest BCUT2D eigenvalue weighted by Crippen LogP contribution is -2.50. The molecule has 1 fully saturated rings. The summed E-state index contributed by atoms with van der Waals surface area (Å²) in [6.07, 6.45) is 0.840. The van der Waals surface area contributed by atoms with Crippen molar-refractivity contribution in [2.24, 2.45) is 11.8 Å². The predicted octanol–water partition coefficient (Wildman–Crippen LogP) is 1.33. The van der Waals surface area contributed by atoms with Gasteiger partial charge in [0, 0.05) is 12.0 Å². The molecule has 2 unspecified atom stereocenters. The Morgan fingerprint density at radius 1 is 1.77 bits per heavy atom. The molecule has 0 aromatic carbocycles. The summed E-state index contributed by atoms with van der Waals surface area (Å²) in [6.45, 7) is 0. The molecule has 13 heavy (non-hydrogen) atoms. The zero-order valence-electron chi connectivity index (χ0n) is 6.66. The molecule has 5 heteroatoms. The maximum atomic E-state index is 10.8. The van der Waals surface area contributed by atoms with Crippen LogP contribution in [0.1, 0.15) is 6.42 Å². The van der Waals surface area contributed by atoms with Gasteiger partial charge in [0.15, 0.2) is 0 Å². The van der Waals surface area contributed by atoms with Crippen LogP contribution in [0.4, 0.5) is 0 Å². The topological polar surface area (TPSA) is 49.3 Å². The molecule has 3 aliphatic rings. The molecule has 0 radical (unpaired) electrons. The highest BCUT2D eigenvalue weighted by Gasteiger charge is 2.51. The van der Waals surface area contributed by atoms with Gasteiger partial charge in [-0.2, -0.15) is 0 Å². The van der Waals surface area contributed by atoms with Crippen LogP contribution in [-0.4, -0.2) is 21.1 Å². The van der Waals surface area contributed by atoms with Crippen LogP contribution in [-0.2, 0) is 4.79 Å². The van der Waals surface area contributed by atoms with Crippen LogP contribution in [0.3, 0.4) is 0 Å². The summed E-state index contributed by atoms with van der Waals surface area (Å²) < 4.78 is 2.34. The summed E-state index contributed by atoms with van der Waals surface area (Å²) in [5.74, 6) is -0.275. The third-order valence-corrected chi connectivity index (χ3v) is 7.14. The van der Waals surface area contributed by atoms with Crippen LogP contribution in [0.2, 0.25) is 0 Å². The van der Waals surface area contributed by atoms with E-state index in [1.165, 1.54) is 10.6 Å². The van der Waals surface area contributed by atoms with E-state index in [1.54, 1.807) is 0 Å². The number of carboxylic acids is 1. The minimum Gasteiger partial charge on any atom is -0.481 e. The van der Waals surface area contributed by atoms with Crippen molar-refractivity contribution in [3.8, 4) is 0 Å². The number of fused-ring (bicyclic) bond motifs is 2. The highest BCUT2D eigenvalue weighted by atomic mass is 127. The van der Waals surface area contributed by atoms with Crippen LogP contribution in [0.25, 0.3) is 0 Å². The summed E-state index contributed by atoms with van der Waals surface area (Å²) in [5, 5.41) is 13.5. The summed E-state index contributed by atoms with van der Waals surface area (Å²) in [4.78, 5) is 10.8. The SMILES string of the molecule is O=C(O)C1CC2C3=C(N[C@@H]12)SI=C3. The second-order valence-corrected chi connectivity index (χ2v) is 7.73. The van der Waals surface area contributed by atoms with Crippen molar-refractivity contribution in [2.45, 2.75) is 12.5 Å². The van der Waals surface area contributed by atoms with Crippen LogP contribution in [0.15, 0.2) is 10.6 Å². The Hall–Kier alpha value is -0.0400. The van der Waals surface area contributed by atoms with Crippen molar-refractivity contribution in [1.29, 1.82) is 0 Å². The zero-order valence-corrected chi connectivity index (χ0v) is 9.63. The van der Waals surface area contributed by atoms with E-state index in [1.807, 2.05) is 8.93 Å². The Balaban J connectivity index is 1.83. The van der Waals surface area contributed by atoms with Crippen molar-refractivity contribution >= 4 is 38.3 Å². The van der Waals surface area contributed by atoms with Gasteiger partial charge in [-0.25, -0.2) is 0 Å². The van der Waals surface area contributed by atoms with E-state index < -0.39 is 5.97 Å². The largest absolute Gasteiger partial charge is 0.481 e. The molecule has 1 saturated carbocycles. The summed E-state index contributed by atoms with van der Waals surface area (Å²) in [7, 11) is 1.90. The fourth-order valence-corrected chi connectivity index (χ4v) is 6.95. The first-order valence-corrected chi connectivity index (χ1v) is 8.75. The van der Waals surface area contributed by atoms with E-state index >= 15 is 0 Å². The molecule has 3 nitrogen and oxygen atoms in total. The monoisotopic (exact) mass is 309 g/mol. The van der Waals surface area contributed by atoms with Crippen LogP contribution in [0.5, 0.6) is 0 Å². The smallest absolute Gasteiger partial charge is 0.308 e. The van der Waals surface area contributed by atoms with E-state index in [2.05, 4.69) is 9.33 Å². The summed E-state index contributed by atoms with van der Waals surface area (Å²) in [6, 6.07) is 0.204. The minimum absolute atomic E-state index is 0.150. The number of hydrogen-bond acceptors (Lipinski definition) is 3. The number of halogens is 1. The molecule has 0 amide bonds. The van der Waals surface area contributed by atoms with Crippen molar-refractivity contribution < 1.29 is 9.90 Å². The molecule has 0 spiro atoms. The number of aliphatic carboxylic acids is 1. The lowest BCUT2D eigenvalue weighted by molar-refractivity contribution is -0.147. The zero-order chi connectivity index (χ0) is 9.00. The fourth-order valence-electron chi connectivity index (χ4n) is 2.14. The number of carboxylic acid groups (broad SMARTS) is 1. The quantitative estimate of drug-likeness (QED) is 0.718. The molecule has 0 saturated heterocycles. The van der Waals surface area contributed by atoms with Crippen molar-refractivity contribution in [2.75, 3.05) is 0 Å². The molecule has 0 aromatic rings. The van der Waals surface area contributed by atoms with Gasteiger partial charge in [-0.15, -0.1) is 0 Å². The van der Waals surface area contributed by atoms with Crippen molar-refractivity contribution in [3.05, 3.63) is 10.6 Å². The van der Waals surface area contributed by atoms with Crippen molar-refractivity contribution in [1.82, 2.24) is 5.32 Å². The second-order valence-electron chi connectivity index (χ2n) is 3.52. The maximum absolute atomic E-state index is 10.8. The lowest BCUT2D eigenvalue weighted by Gasteiger charge is -2.38. The normalized spacial score (nSPS) is 40.2. The molecule has 3 atom stereocenters. The van der Waals surface area contributed by atoms with Gasteiger partial charge in [-0.1, -0.05) is 0 Å². The molecule has 2 aliphatic heterocycles. The minimum atomic E-state index is -0.644. The summed E-state index contributed by atoms with van der Waals surface area (Å²) >= 11 is 0.171. The van der Waals surface area contributed by atoms with E-state index in [-0.39, 0.29) is 31.3 Å². The Morgan fingerprint density at radius 2 is 2.62 bits per heavy atom. The van der Waals surface area contributed by atoms with E-state index in [0.29, 0.717) is 5.92 Å². The predicted molar refractivity (Wildman–Crippen MR) is 60.9 cm³/mol. The first-order chi connectivity index (χ1) is 6.27. The van der Waals surface area contributed by atoms with E-state index in [0.717, 1.165) is 6.42 Å². The highest BCUT2D eigenvalue weighted by Crippen LogP contribution is 2.52. The van der Waals surface area contributed by atoms with Crippen LogP contribution >= 0.6 is 28.3 Å². The van der Waals surface area contributed by atoms with Gasteiger partial charge < -0.3 is 10.4 Å². The Bertz CT molecular complexity index is 352. The molecular formula is C8H8INO2S.